The second-order valence-corrected chi connectivity index (χ2v) is 10.0. The maximum absolute atomic E-state index is 12.7. The average molecular weight is 415 g/mol. The number of amides is 1. The number of anilines is 1. The second-order valence-electron chi connectivity index (χ2n) is 7.47. The van der Waals surface area contributed by atoms with E-state index in [4.69, 9.17) is 0 Å². The first kappa shape index (κ1) is 19.3. The Morgan fingerprint density at radius 2 is 2.29 bits per heavy atom. The van der Waals surface area contributed by atoms with Crippen molar-refractivity contribution < 1.29 is 4.79 Å². The van der Waals surface area contributed by atoms with Crippen LogP contribution in [0.15, 0.2) is 22.6 Å². The van der Waals surface area contributed by atoms with Crippen LogP contribution in [-0.4, -0.2) is 36.2 Å². The van der Waals surface area contributed by atoms with E-state index < -0.39 is 0 Å². The first-order valence-corrected chi connectivity index (χ1v) is 11.1. The highest BCUT2D eigenvalue weighted by molar-refractivity contribution is 8.01. The highest BCUT2D eigenvalue weighted by Gasteiger charge is 2.40. The van der Waals surface area contributed by atoms with Crippen molar-refractivity contribution in [3.8, 4) is 6.07 Å². The van der Waals surface area contributed by atoms with E-state index in [9.17, 15) is 10.1 Å². The number of hydrogen-bond acceptors (Lipinski definition) is 7. The van der Waals surface area contributed by atoms with Crippen LogP contribution in [0.3, 0.4) is 0 Å². The molecule has 0 saturated heterocycles. The lowest BCUT2D eigenvalue weighted by Crippen LogP contribution is -2.25. The predicted molar refractivity (Wildman–Crippen MR) is 109 cm³/mol. The van der Waals surface area contributed by atoms with Crippen molar-refractivity contribution in [1.29, 1.82) is 5.26 Å². The average Bonchev–Trinajstić information content (AvgIpc) is 3.21. The van der Waals surface area contributed by atoms with E-state index in [1.165, 1.54) is 41.0 Å². The van der Waals surface area contributed by atoms with Crippen LogP contribution < -0.4 is 5.32 Å². The van der Waals surface area contributed by atoms with Crippen molar-refractivity contribution in [3.05, 3.63) is 23.7 Å². The van der Waals surface area contributed by atoms with Crippen molar-refractivity contribution >= 4 is 35.2 Å². The number of aryl methyl sites for hydroxylation is 1. The Morgan fingerprint density at radius 3 is 3.07 bits per heavy atom. The largest absolute Gasteiger partial charge is 0.309 e. The van der Waals surface area contributed by atoms with Crippen molar-refractivity contribution in [2.24, 2.45) is 13.0 Å². The van der Waals surface area contributed by atoms with Crippen LogP contribution in [0.25, 0.3) is 0 Å². The molecule has 0 aromatic carbocycles. The Labute approximate surface area is 172 Å². The molecule has 0 radical (unpaired) electrons. The fourth-order valence-electron chi connectivity index (χ4n) is 3.91. The molecule has 0 spiro atoms. The zero-order valence-corrected chi connectivity index (χ0v) is 17.7. The molecule has 0 bridgehead atoms. The summed E-state index contributed by atoms with van der Waals surface area (Å²) >= 11 is 3.34. The molecule has 1 aliphatic carbocycles. The Morgan fingerprint density at radius 1 is 1.46 bits per heavy atom. The van der Waals surface area contributed by atoms with E-state index in [0.29, 0.717) is 22.5 Å². The molecule has 28 heavy (non-hydrogen) atoms. The van der Waals surface area contributed by atoms with E-state index >= 15 is 0 Å². The zero-order chi connectivity index (χ0) is 19.8. The number of hydrogen-bond donors (Lipinski definition) is 1. The van der Waals surface area contributed by atoms with Crippen LogP contribution in [0, 0.1) is 17.2 Å². The normalized spacial score (nSPS) is 24.1. The number of nitriles is 1. The summed E-state index contributed by atoms with van der Waals surface area (Å²) in [5.41, 5.74) is 1.58. The summed E-state index contributed by atoms with van der Waals surface area (Å²) in [5, 5.41) is 18.2. The molecule has 9 heteroatoms. The fourth-order valence-corrected chi connectivity index (χ4v) is 6.59. The van der Waals surface area contributed by atoms with Gasteiger partial charge < -0.3 is 5.32 Å². The third-order valence-electron chi connectivity index (χ3n) is 5.46. The van der Waals surface area contributed by atoms with Crippen molar-refractivity contribution in [1.82, 2.24) is 19.7 Å². The number of nitrogens with zero attached hydrogens (tertiary/aromatic N) is 5. The van der Waals surface area contributed by atoms with Crippen molar-refractivity contribution in [2.45, 2.75) is 59.6 Å². The summed E-state index contributed by atoms with van der Waals surface area (Å²) in [6.45, 7) is 4.18. The van der Waals surface area contributed by atoms with Gasteiger partial charge in [0.05, 0.1) is 11.4 Å². The van der Waals surface area contributed by atoms with Gasteiger partial charge in [-0.25, -0.2) is 9.97 Å². The summed E-state index contributed by atoms with van der Waals surface area (Å²) in [6, 6.07) is 2.05. The third kappa shape index (κ3) is 3.51. The van der Waals surface area contributed by atoms with E-state index in [2.05, 4.69) is 33.4 Å². The minimum absolute atomic E-state index is 0.170. The quantitative estimate of drug-likeness (QED) is 0.603. The number of nitrogens with one attached hydrogen (secondary N) is 1. The Balaban J connectivity index is 1.51. The molecule has 7 nitrogen and oxygen atoms in total. The molecule has 146 valence electrons. The monoisotopic (exact) mass is 414 g/mol. The molecule has 4 unspecified atom stereocenters. The molecular weight excluding hydrogens is 392 g/mol. The van der Waals surface area contributed by atoms with Gasteiger partial charge in [0, 0.05) is 23.8 Å². The number of rotatable bonds is 4. The molecule has 1 aliphatic heterocycles. The molecule has 4 rings (SSSR count). The van der Waals surface area contributed by atoms with E-state index in [1.54, 1.807) is 13.4 Å². The minimum Gasteiger partial charge on any atom is -0.309 e. The maximum atomic E-state index is 12.7. The molecule has 2 aromatic heterocycles. The molecule has 2 aromatic rings. The van der Waals surface area contributed by atoms with Crippen LogP contribution in [0.4, 0.5) is 5.82 Å². The smallest absolute Gasteiger partial charge is 0.238 e. The third-order valence-corrected chi connectivity index (χ3v) is 7.95. The minimum atomic E-state index is -0.355. The molecule has 4 atom stereocenters. The van der Waals surface area contributed by atoms with E-state index in [-0.39, 0.29) is 11.2 Å². The number of carbonyl (C=O) groups excluding carboxylic acids is 1. The lowest BCUT2D eigenvalue weighted by Gasteiger charge is -2.29. The second kappa shape index (κ2) is 7.76. The fraction of sp³-hybridized carbons (Fsp3) is 0.526. The molecule has 1 N–H and O–H groups in total. The van der Waals surface area contributed by atoms with Gasteiger partial charge in [-0.15, -0.1) is 11.8 Å². The summed E-state index contributed by atoms with van der Waals surface area (Å²) in [4.78, 5) is 21.8. The van der Waals surface area contributed by atoms with Gasteiger partial charge in [-0.3, -0.25) is 9.48 Å². The number of fused-ring (bicyclic) bond motifs is 3. The molecule has 1 fully saturated rings. The van der Waals surface area contributed by atoms with Crippen molar-refractivity contribution in [3.63, 3.8) is 0 Å². The molecular formula is C19H22N6OS2. The van der Waals surface area contributed by atoms with Crippen LogP contribution in [0.1, 0.15) is 50.2 Å². The van der Waals surface area contributed by atoms with Gasteiger partial charge in [0.15, 0.2) is 0 Å². The molecule has 2 aliphatic rings. The summed E-state index contributed by atoms with van der Waals surface area (Å²) in [7, 11) is 1.70. The highest BCUT2D eigenvalue weighted by atomic mass is 32.2. The van der Waals surface area contributed by atoms with Crippen molar-refractivity contribution in [2.75, 3.05) is 5.32 Å². The van der Waals surface area contributed by atoms with E-state index in [1.807, 2.05) is 18.7 Å². The number of carbonyl (C=O) groups is 1. The molecule has 3 heterocycles. The van der Waals surface area contributed by atoms with Gasteiger partial charge >= 0.3 is 0 Å². The molecule has 1 amide bonds. The van der Waals surface area contributed by atoms with Gasteiger partial charge in [0.1, 0.15) is 33.8 Å². The summed E-state index contributed by atoms with van der Waals surface area (Å²) in [5.74, 6) is 1.49. The zero-order valence-electron chi connectivity index (χ0n) is 16.0. The lowest BCUT2D eigenvalue weighted by atomic mass is 9.80. The van der Waals surface area contributed by atoms with Gasteiger partial charge in [-0.1, -0.05) is 25.1 Å². The molecule has 1 saturated carbocycles. The van der Waals surface area contributed by atoms with Gasteiger partial charge in [-0.2, -0.15) is 10.4 Å². The first-order chi connectivity index (χ1) is 13.5. The van der Waals surface area contributed by atoms with Gasteiger partial charge in [0.25, 0.3) is 0 Å². The number of thioether (sulfide) groups is 2. The predicted octanol–water partition coefficient (Wildman–Crippen LogP) is 3.58. The maximum Gasteiger partial charge on any atom is 0.238 e. The SMILES string of the molecule is CC1CCC2c3c(SC(C)C(=O)Nc4c(C#N)cnn4C)ncnc3SC2C1. The van der Waals surface area contributed by atoms with Crippen LogP contribution in [0.2, 0.25) is 0 Å². The van der Waals surface area contributed by atoms with E-state index in [0.717, 1.165) is 22.4 Å². The Kier molecular flexibility index (Phi) is 5.34. The standard InChI is InChI=1S/C19H22N6OS2/c1-10-4-5-13-14(6-10)28-19-15(13)18(21-9-22-19)27-11(2)17(26)24-16-12(7-20)8-23-25(16)3/h8-11,13-14H,4-6H2,1-3H3,(H,24,26). The van der Waals surface area contributed by atoms with Gasteiger partial charge in [0.2, 0.25) is 5.91 Å². The summed E-state index contributed by atoms with van der Waals surface area (Å²) in [6.07, 6.45) is 6.66. The highest BCUT2D eigenvalue weighted by Crippen LogP contribution is 2.54. The first-order valence-electron chi connectivity index (χ1n) is 9.39. The number of aromatic nitrogens is 4. The van der Waals surface area contributed by atoms with Gasteiger partial charge in [-0.05, 0) is 25.7 Å². The van der Waals surface area contributed by atoms with Crippen LogP contribution in [0.5, 0.6) is 0 Å². The summed E-state index contributed by atoms with van der Waals surface area (Å²) < 4.78 is 1.50. The lowest BCUT2D eigenvalue weighted by molar-refractivity contribution is -0.115. The Bertz CT molecular complexity index is 952. The topological polar surface area (TPSA) is 96.5 Å². The van der Waals surface area contributed by atoms with Crippen LogP contribution in [-0.2, 0) is 11.8 Å². The van der Waals surface area contributed by atoms with Crippen LogP contribution >= 0.6 is 23.5 Å². The Hall–Kier alpha value is -2.05.